The van der Waals surface area contributed by atoms with Crippen LogP contribution in [0.2, 0.25) is 5.02 Å². The van der Waals surface area contributed by atoms with E-state index in [1.807, 2.05) is 47.9 Å². The highest BCUT2D eigenvalue weighted by Crippen LogP contribution is 2.40. The highest BCUT2D eigenvalue weighted by atomic mass is 35.5. The van der Waals surface area contributed by atoms with Crippen molar-refractivity contribution in [2.75, 3.05) is 132 Å². The second-order valence-electron chi connectivity index (χ2n) is 28.3. The average Bonchev–Trinajstić information content (AvgIpc) is 1.59. The SMILES string of the molecule is CCCCCCCC(=O)N(CC#CC#Cc1ccc(NC(=O)C[C@@H]2N=C(c3ccc(Cl)cc3)c3c(sc(C)c3C)-n3c(C)nnc32)cc1)CCOCCOCCOCCOCCOCCNC(=O)CCNC(=O)c1nc(NC(=O)CCNC(=O)c2cc(NC(=O)c3nc(NC(=O)CCNC(=O)c4cc(NC(=O)c5nccn5C)c[nH]4)cn3C)c[nH]2)cn1C. The Labute approximate surface area is 719 Å². The van der Waals surface area contributed by atoms with Crippen LogP contribution in [0.4, 0.5) is 28.7 Å². The molecule has 123 heavy (non-hydrogen) atoms. The van der Waals surface area contributed by atoms with E-state index in [1.165, 1.54) is 52.3 Å². The molecule has 10 amide bonds. The molecule has 37 nitrogen and oxygen atoms in total. The molecule has 1 atom stereocenters. The first-order valence-corrected chi connectivity index (χ1v) is 41.3. The fourth-order valence-corrected chi connectivity index (χ4v) is 13.8. The zero-order valence-electron chi connectivity index (χ0n) is 69.5. The van der Waals surface area contributed by atoms with Gasteiger partial charge in [0.25, 0.3) is 29.5 Å². The fourth-order valence-electron chi connectivity index (χ4n) is 12.5. The number of halogens is 1. The number of hydrogen-bond donors (Lipinski definition) is 11. The molecule has 11 N–H and O–H groups in total. The van der Waals surface area contributed by atoms with E-state index in [2.05, 4.69) is 127 Å². The largest absolute Gasteiger partial charge is 0.377 e. The maximum atomic E-state index is 13.7. The topological polar surface area (TPSA) is 456 Å². The molecule has 650 valence electrons. The van der Waals surface area contributed by atoms with Crippen molar-refractivity contribution in [2.24, 2.45) is 26.1 Å². The first kappa shape index (κ1) is 92.3. The second kappa shape index (κ2) is 47.3. The van der Waals surface area contributed by atoms with E-state index in [1.54, 1.807) is 60.3 Å². The molecular formula is C84H101ClN22O15S. The summed E-state index contributed by atoms with van der Waals surface area (Å²) in [6.45, 7) is 12.2. The van der Waals surface area contributed by atoms with E-state index in [4.69, 9.17) is 40.3 Å². The normalized spacial score (nSPS) is 11.9. The van der Waals surface area contributed by atoms with Gasteiger partial charge in [-0.25, -0.2) is 15.0 Å². The summed E-state index contributed by atoms with van der Waals surface area (Å²) in [4.78, 5) is 155. The molecule has 9 aromatic rings. The van der Waals surface area contributed by atoms with E-state index in [-0.39, 0.29) is 129 Å². The number of unbranched alkanes of at least 4 members (excludes halogenated alkanes) is 4. The molecular weight excluding hydrogens is 1620 g/mol. The summed E-state index contributed by atoms with van der Waals surface area (Å²) in [6.07, 6.45) is 14.1. The number of aromatic nitrogens is 11. The molecule has 10 rings (SSSR count). The molecule has 0 spiro atoms. The van der Waals surface area contributed by atoms with Gasteiger partial charge in [-0.15, -0.1) is 21.5 Å². The maximum absolute atomic E-state index is 13.7. The number of H-pyrrole nitrogens is 2. The van der Waals surface area contributed by atoms with Gasteiger partial charge in [-0.05, 0) is 93.1 Å². The van der Waals surface area contributed by atoms with Gasteiger partial charge in [0.2, 0.25) is 41.2 Å². The van der Waals surface area contributed by atoms with Gasteiger partial charge in [0, 0.05) is 149 Å². The minimum atomic E-state index is -0.655. The predicted octanol–water partition coefficient (Wildman–Crippen LogP) is 7.27. The first-order chi connectivity index (χ1) is 59.5. The van der Waals surface area contributed by atoms with Crippen LogP contribution in [0.15, 0.2) is 103 Å². The number of nitrogens with one attached hydrogen (secondary N) is 11. The zero-order chi connectivity index (χ0) is 87.6. The predicted molar refractivity (Wildman–Crippen MR) is 460 cm³/mol. The lowest BCUT2D eigenvalue weighted by Gasteiger charge is -2.20. The number of amides is 10. The number of benzene rings is 2. The summed E-state index contributed by atoms with van der Waals surface area (Å²) in [7, 11) is 4.78. The Balaban J connectivity index is 0.516. The van der Waals surface area contributed by atoms with Gasteiger partial charge in [0.15, 0.2) is 23.3 Å². The number of aliphatic imine (C=N–C) groups is 1. The molecule has 0 saturated heterocycles. The Morgan fingerprint density at radius 3 is 1.69 bits per heavy atom. The van der Waals surface area contributed by atoms with Crippen molar-refractivity contribution >= 4 is 116 Å². The Hall–Kier alpha value is -13.0. The van der Waals surface area contributed by atoms with Crippen LogP contribution in [0.1, 0.15) is 169 Å². The zero-order valence-corrected chi connectivity index (χ0v) is 71.1. The van der Waals surface area contributed by atoms with E-state index < -0.39 is 47.4 Å². The molecule has 1 aliphatic rings. The van der Waals surface area contributed by atoms with Crippen LogP contribution in [0.5, 0.6) is 0 Å². The number of carbonyl (C=O) groups excluding carboxylic acids is 10. The minimum absolute atomic E-state index is 0.00926. The van der Waals surface area contributed by atoms with Crippen molar-refractivity contribution in [3.05, 3.63) is 171 Å². The van der Waals surface area contributed by atoms with Crippen LogP contribution in [0.3, 0.4) is 0 Å². The van der Waals surface area contributed by atoms with Crippen molar-refractivity contribution in [2.45, 2.75) is 97.9 Å². The number of nitrogens with zero attached hydrogens (tertiary/aromatic N) is 11. The standard InChI is InChI=1S/C84H101ClN22O15S/c1-8-9-10-11-14-17-72(112)106(34-15-12-13-16-57-18-24-60(25-19-57)93-71(111)49-63-75-102-101-56(4)107(75)84-73(54(2)55(3)123-84)74(96-63)58-20-22-59(85)23-21-58)36-38-119-40-42-121-44-46-122-45-43-120-41-39-118-37-33-86-68(108)26-29-90-81(115)77-99-66(52-104(77)6)97-69(109)27-30-89-80(114)65-48-62(51-92-65)95-83(117)78-100-67(53-105(78)7)98-70(110)28-31-88-79(113)64-47-61(50-91-64)94-82(116)76-87-32-35-103(76)5/h18-25,32,35,47-48,50-53,63,91-92H,8-11,14,17,26-31,33-34,36-46,49H2,1-7H3,(H,86,108)(H,88,113)(H,89,114)(H,90,115)(H,93,111)(H,94,116)(H,95,117)(H,97,109)(H,98,110)/t63-/m0/s1. The Morgan fingerprint density at radius 1 is 0.553 bits per heavy atom. The summed E-state index contributed by atoms with van der Waals surface area (Å²) < 4.78 is 34.6. The summed E-state index contributed by atoms with van der Waals surface area (Å²) in [5, 5.41) is 34.6. The molecule has 39 heteroatoms. The third-order valence-electron chi connectivity index (χ3n) is 18.9. The molecule has 0 aliphatic carbocycles. The molecule has 0 unspecified atom stereocenters. The van der Waals surface area contributed by atoms with Crippen molar-refractivity contribution in [1.29, 1.82) is 0 Å². The van der Waals surface area contributed by atoms with Gasteiger partial charge in [-0.1, -0.05) is 68.2 Å². The monoisotopic (exact) mass is 1720 g/mol. The van der Waals surface area contributed by atoms with Gasteiger partial charge in [-0.2, -0.15) is 0 Å². The van der Waals surface area contributed by atoms with Gasteiger partial charge in [0.1, 0.15) is 28.3 Å². The lowest BCUT2D eigenvalue weighted by Crippen LogP contribution is -2.34. The first-order valence-electron chi connectivity index (χ1n) is 40.1. The Kier molecular flexibility index (Phi) is 35.5. The number of aryl methyl sites for hydroxylation is 5. The van der Waals surface area contributed by atoms with Gasteiger partial charge in [0.05, 0.1) is 96.1 Å². The summed E-state index contributed by atoms with van der Waals surface area (Å²) in [5.41, 5.74) is 5.84. The van der Waals surface area contributed by atoms with Crippen molar-refractivity contribution in [3.8, 4) is 28.7 Å². The number of hydrogen-bond acceptors (Lipinski definition) is 22. The lowest BCUT2D eigenvalue weighted by atomic mass is 9.99. The third-order valence-corrected chi connectivity index (χ3v) is 20.4. The lowest BCUT2D eigenvalue weighted by molar-refractivity contribution is -0.131. The number of imidazole rings is 3. The van der Waals surface area contributed by atoms with E-state index in [9.17, 15) is 47.9 Å². The quantitative estimate of drug-likeness (QED) is 0.0132. The summed E-state index contributed by atoms with van der Waals surface area (Å²) in [6, 6.07) is 16.9. The van der Waals surface area contributed by atoms with Gasteiger partial charge >= 0.3 is 0 Å². The molecule has 0 radical (unpaired) electrons. The highest BCUT2D eigenvalue weighted by molar-refractivity contribution is 7.15. The smallest absolute Gasteiger partial charge is 0.291 e. The number of ether oxygens (including phenoxy) is 5. The van der Waals surface area contributed by atoms with E-state index in [0.29, 0.717) is 106 Å². The van der Waals surface area contributed by atoms with Crippen molar-refractivity contribution in [3.63, 3.8) is 0 Å². The minimum Gasteiger partial charge on any atom is -0.377 e. The van der Waals surface area contributed by atoms with Crippen molar-refractivity contribution in [1.82, 2.24) is 79.6 Å². The molecule has 0 saturated carbocycles. The molecule has 1 aliphatic heterocycles. The van der Waals surface area contributed by atoms with Crippen molar-refractivity contribution < 1.29 is 71.6 Å². The van der Waals surface area contributed by atoms with Crippen LogP contribution in [-0.2, 0) is 68.8 Å². The van der Waals surface area contributed by atoms with Crippen LogP contribution in [0.25, 0.3) is 5.00 Å². The van der Waals surface area contributed by atoms with E-state index in [0.717, 1.165) is 64.4 Å². The average molecular weight is 1730 g/mol. The van der Waals surface area contributed by atoms with Crippen LogP contribution in [-0.4, -0.2) is 228 Å². The molecule has 7 aromatic heterocycles. The summed E-state index contributed by atoms with van der Waals surface area (Å²) in [5.74, 6) is 9.13. The summed E-state index contributed by atoms with van der Waals surface area (Å²) >= 11 is 7.93. The van der Waals surface area contributed by atoms with Crippen LogP contribution in [0, 0.1) is 44.5 Å². The van der Waals surface area contributed by atoms with Gasteiger partial charge < -0.3 is 100 Å². The number of aromatic amines is 2. The highest BCUT2D eigenvalue weighted by Gasteiger charge is 2.33. The number of fused-ring (bicyclic) bond motifs is 3. The molecule has 0 fully saturated rings. The number of thiophene rings is 1. The van der Waals surface area contributed by atoms with Crippen LogP contribution < -0.4 is 47.9 Å². The van der Waals surface area contributed by atoms with Gasteiger partial charge in [-0.3, -0.25) is 57.5 Å². The third kappa shape index (κ3) is 28.3. The number of carbonyl (C=O) groups is 10. The maximum Gasteiger partial charge on any atom is 0.291 e. The fraction of sp³-hybridized carbons (Fsp3) is 0.405. The molecule has 2 aromatic carbocycles. The molecule has 0 bridgehead atoms. The molecule has 8 heterocycles. The Morgan fingerprint density at radius 2 is 1.11 bits per heavy atom. The number of anilines is 5. The second-order valence-corrected chi connectivity index (χ2v) is 29.9. The van der Waals surface area contributed by atoms with Crippen LogP contribution >= 0.6 is 22.9 Å². The Bertz CT molecular complexity index is 5320. The number of rotatable bonds is 47. The van der Waals surface area contributed by atoms with E-state index >= 15 is 0 Å².